The van der Waals surface area contributed by atoms with Crippen LogP contribution >= 0.6 is 0 Å². The fraction of sp³-hybridized carbons (Fsp3) is 0.237. The average Bonchev–Trinajstić information content (AvgIpc) is 1.62. The third-order valence-electron chi connectivity index (χ3n) is 32.6. The van der Waals surface area contributed by atoms with Crippen LogP contribution in [0.5, 0.6) is 0 Å². The molecule has 8 saturated carbocycles. The van der Waals surface area contributed by atoms with Crippen molar-refractivity contribution in [2.75, 3.05) is 19.6 Å². The molecule has 0 N–H and O–H groups in total. The first-order valence-electron chi connectivity index (χ1n) is 50.8. The number of aromatic nitrogens is 2. The standard InChI is InChI=1S/C67H65N3.C64H59N3/c1-6-8-9-50-18-30-57(31-19-50)69(58-32-22-54(23-33-58)67-43-51-38-52(44-67)42-66(41-51,45-67)53-20-16-49(7-2)17-21-53)61-35-37-65-63(40-61)62-39-60(34-36-64(62)70(65)59-28-14-48(5)15-29-59)68(55-24-10-46(3)11-25-55)56-26-12-47(4)13-27-56;1-3-5-15-47-24-30-55(31-25-47)66(56-32-28-51(29-33-56)64-43-48-38-49(44-64)42-63(41-48,45-64)50-26-22-46(4-2)23-27-50)58-35-37-62-60(40-58)59-39-57(34-36-61(59)67(62)54-20-13-8-14-21-54)65(52-16-9-6-10-17-52)53-18-11-7-12-19-53/h7,10-37,39-40,51-52H,2,6,8-9,38,41-45H2,1,3-5H3;4,6-14,16-37,39-40,48-49H,2-3,5,15,38,41-45H2,1H3. The highest BCUT2D eigenvalue weighted by Crippen LogP contribution is 2.68. The first kappa shape index (κ1) is 86.9. The SMILES string of the molecule is C=Cc1ccc(C23CC4CC(C2)CC(c2ccc(N(c5ccc(CCCC)cc5)c5ccc6c(c5)c5cc(N(c7ccc(C)cc7)c7ccc(C)cc7)ccc5n6-c5ccc(C)cc5)cc2)(C4)C3)cc1.C=Cc1ccc(C23CC4CC(C2)CC(c2ccc(N(c5ccc(CCCC)cc5)c5ccc6c(c5)c5cc(N(c7ccccc7)c7ccccc7)ccc5n6-c5ccccc5)cc2)(C4)C3)cc1. The van der Waals surface area contributed by atoms with Crippen LogP contribution in [0.3, 0.4) is 0 Å². The first-order chi connectivity index (χ1) is 67.2. The molecule has 137 heavy (non-hydrogen) atoms. The molecule has 8 fully saturated rings. The minimum absolute atomic E-state index is 0.213. The number of para-hydroxylation sites is 3. The van der Waals surface area contributed by atoms with E-state index in [9.17, 15) is 0 Å². The molecule has 18 aromatic rings. The van der Waals surface area contributed by atoms with Gasteiger partial charge in [0.1, 0.15) is 0 Å². The Morgan fingerprint density at radius 2 is 0.496 bits per heavy atom. The van der Waals surface area contributed by atoms with Crippen molar-refractivity contribution >= 4 is 124 Å². The summed E-state index contributed by atoms with van der Waals surface area (Å²) in [5, 5.41) is 4.89. The quantitative estimate of drug-likeness (QED) is 0.0539. The summed E-state index contributed by atoms with van der Waals surface area (Å²) in [6.07, 6.45) is 26.8. The molecule has 0 spiro atoms. The number of anilines is 12. The molecule has 6 nitrogen and oxygen atoms in total. The molecule has 2 heterocycles. The zero-order valence-corrected chi connectivity index (χ0v) is 80.2. The smallest absolute Gasteiger partial charge is 0.0542 e. The number of aryl methyl sites for hydroxylation is 5. The third kappa shape index (κ3) is 16.3. The van der Waals surface area contributed by atoms with Crippen molar-refractivity contribution in [1.82, 2.24) is 9.13 Å². The minimum Gasteiger partial charge on any atom is -0.310 e. The lowest BCUT2D eigenvalue weighted by Gasteiger charge is -2.63. The second-order valence-corrected chi connectivity index (χ2v) is 41.7. The van der Waals surface area contributed by atoms with Gasteiger partial charge in [0.15, 0.2) is 0 Å². The topological polar surface area (TPSA) is 22.8 Å². The van der Waals surface area contributed by atoms with E-state index in [1.165, 1.54) is 219 Å². The molecule has 8 aliphatic carbocycles. The highest BCUT2D eigenvalue weighted by Gasteiger charge is 2.60. The molecule has 678 valence electrons. The van der Waals surface area contributed by atoms with E-state index in [2.05, 4.69) is 459 Å². The maximum Gasteiger partial charge on any atom is 0.0542 e. The van der Waals surface area contributed by atoms with Gasteiger partial charge in [-0.1, -0.05) is 257 Å². The first-order valence-corrected chi connectivity index (χ1v) is 50.8. The molecule has 0 aliphatic heterocycles. The van der Waals surface area contributed by atoms with E-state index in [1.807, 2.05) is 12.2 Å². The Morgan fingerprint density at radius 3 is 0.774 bits per heavy atom. The Hall–Kier alpha value is -14.2. The van der Waals surface area contributed by atoms with Crippen molar-refractivity contribution in [2.45, 2.75) is 172 Å². The fourth-order valence-corrected chi connectivity index (χ4v) is 26.8. The van der Waals surface area contributed by atoms with Crippen LogP contribution in [0.15, 0.2) is 395 Å². The van der Waals surface area contributed by atoms with Gasteiger partial charge in [-0.2, -0.15) is 0 Å². The van der Waals surface area contributed by atoms with Crippen molar-refractivity contribution in [3.05, 3.63) is 457 Å². The Morgan fingerprint density at radius 1 is 0.263 bits per heavy atom. The zero-order chi connectivity index (χ0) is 92.5. The lowest BCUT2D eigenvalue weighted by atomic mass is 9.41. The highest BCUT2D eigenvalue weighted by molar-refractivity contribution is 6.14. The van der Waals surface area contributed by atoms with E-state index >= 15 is 0 Å². The van der Waals surface area contributed by atoms with Gasteiger partial charge >= 0.3 is 0 Å². The van der Waals surface area contributed by atoms with Gasteiger partial charge in [-0.05, 0) is 407 Å². The Bertz CT molecular complexity index is 7310. The molecule has 0 radical (unpaired) electrons. The second kappa shape index (κ2) is 36.1. The zero-order valence-electron chi connectivity index (χ0n) is 80.2. The molecule has 6 heteroatoms. The van der Waals surface area contributed by atoms with Gasteiger partial charge < -0.3 is 28.7 Å². The fourth-order valence-electron chi connectivity index (χ4n) is 26.8. The summed E-state index contributed by atoms with van der Waals surface area (Å²) in [4.78, 5) is 9.76. The molecule has 8 aliphatic rings. The number of fused-ring (bicyclic) bond motifs is 6. The van der Waals surface area contributed by atoms with Crippen LogP contribution in [-0.4, -0.2) is 9.13 Å². The van der Waals surface area contributed by atoms with Crippen molar-refractivity contribution < 1.29 is 0 Å². The lowest BCUT2D eigenvalue weighted by Crippen LogP contribution is -2.55. The predicted molar refractivity (Wildman–Crippen MR) is 581 cm³/mol. The molecule has 4 atom stereocenters. The summed E-state index contributed by atoms with van der Waals surface area (Å²) in [5.74, 6) is 3.16. The Balaban J connectivity index is 0.000000154. The van der Waals surface area contributed by atoms with Gasteiger partial charge in [0.25, 0.3) is 0 Å². The van der Waals surface area contributed by atoms with Gasteiger partial charge in [-0.25, -0.2) is 0 Å². The minimum atomic E-state index is 0.213. The largest absolute Gasteiger partial charge is 0.310 e. The number of hydrogen-bond acceptors (Lipinski definition) is 4. The Kier molecular flexibility index (Phi) is 22.9. The van der Waals surface area contributed by atoms with Crippen molar-refractivity contribution in [2.24, 2.45) is 23.7 Å². The van der Waals surface area contributed by atoms with E-state index in [4.69, 9.17) is 0 Å². The van der Waals surface area contributed by atoms with Crippen LogP contribution in [0.4, 0.5) is 68.2 Å². The van der Waals surface area contributed by atoms with Gasteiger partial charge in [-0.15, -0.1) is 0 Å². The van der Waals surface area contributed by atoms with Crippen LogP contribution in [0.1, 0.15) is 178 Å². The maximum absolute atomic E-state index is 4.04. The molecule has 16 aromatic carbocycles. The third-order valence-corrected chi connectivity index (χ3v) is 32.6. The van der Waals surface area contributed by atoms with Gasteiger partial charge in [0, 0.05) is 101 Å². The molecular weight excluding hydrogens is 1660 g/mol. The average molecular weight is 1780 g/mol. The number of hydrogen-bond donors (Lipinski definition) is 0. The summed E-state index contributed by atoms with van der Waals surface area (Å²) in [5.41, 5.74) is 37.0. The molecular formula is C131H124N6. The van der Waals surface area contributed by atoms with E-state index in [0.717, 1.165) is 93.4 Å². The van der Waals surface area contributed by atoms with E-state index in [0.29, 0.717) is 0 Å². The molecule has 4 unspecified atom stereocenters. The van der Waals surface area contributed by atoms with E-state index in [1.54, 1.807) is 11.1 Å². The summed E-state index contributed by atoms with van der Waals surface area (Å²) < 4.78 is 4.88. The van der Waals surface area contributed by atoms with Crippen molar-refractivity contribution in [3.8, 4) is 11.4 Å². The summed E-state index contributed by atoms with van der Waals surface area (Å²) in [7, 11) is 0. The van der Waals surface area contributed by atoms with Crippen molar-refractivity contribution in [1.29, 1.82) is 0 Å². The molecule has 8 bridgehead atoms. The summed E-state index contributed by atoms with van der Waals surface area (Å²) in [6, 6.07) is 145. The molecule has 0 saturated heterocycles. The summed E-state index contributed by atoms with van der Waals surface area (Å²) >= 11 is 0. The van der Waals surface area contributed by atoms with Gasteiger partial charge in [0.05, 0.1) is 22.1 Å². The van der Waals surface area contributed by atoms with Crippen LogP contribution in [0.2, 0.25) is 0 Å². The predicted octanol–water partition coefficient (Wildman–Crippen LogP) is 35.9. The van der Waals surface area contributed by atoms with Crippen LogP contribution < -0.4 is 19.6 Å². The monoisotopic (exact) mass is 1780 g/mol. The van der Waals surface area contributed by atoms with E-state index in [-0.39, 0.29) is 21.7 Å². The number of benzene rings is 16. The normalized spacial score (nSPS) is 20.4. The number of nitrogens with zero attached hydrogens (tertiary/aromatic N) is 6. The van der Waals surface area contributed by atoms with Crippen LogP contribution in [0.25, 0.3) is 67.1 Å². The van der Waals surface area contributed by atoms with Gasteiger partial charge in [-0.3, -0.25) is 0 Å². The number of unbranched alkanes of at least 4 members (excludes halogenated alkanes) is 2. The summed E-state index contributed by atoms with van der Waals surface area (Å²) in [6.45, 7) is 19.1. The van der Waals surface area contributed by atoms with E-state index < -0.39 is 0 Å². The van der Waals surface area contributed by atoms with Gasteiger partial charge in [0.2, 0.25) is 0 Å². The molecule has 26 rings (SSSR count). The maximum atomic E-state index is 4.04. The molecule has 2 aromatic heterocycles. The second-order valence-electron chi connectivity index (χ2n) is 41.7. The Labute approximate surface area is 810 Å². The van der Waals surface area contributed by atoms with Crippen LogP contribution in [-0.2, 0) is 34.5 Å². The number of rotatable bonds is 26. The van der Waals surface area contributed by atoms with Crippen LogP contribution in [0, 0.1) is 44.4 Å². The van der Waals surface area contributed by atoms with Crippen molar-refractivity contribution in [3.63, 3.8) is 0 Å². The highest BCUT2D eigenvalue weighted by atomic mass is 15.2. The molecule has 0 amide bonds. The lowest BCUT2D eigenvalue weighted by molar-refractivity contribution is -0.0282.